The van der Waals surface area contributed by atoms with E-state index in [0.717, 1.165) is 5.56 Å². The molecule has 0 aromatic heterocycles. The van der Waals surface area contributed by atoms with E-state index in [4.69, 9.17) is 11.6 Å². The van der Waals surface area contributed by atoms with Crippen LogP contribution in [0.25, 0.3) is 0 Å². The molecule has 0 aliphatic carbocycles. The SMILES string of the molecule is CCN(CC)C(=O)c1ccc(Cl)c(S(=O)(=O)Nc2cccc(C)c2)c1. The fraction of sp³-hybridized carbons (Fsp3) is 0.278. The van der Waals surface area contributed by atoms with E-state index in [9.17, 15) is 13.2 Å². The van der Waals surface area contributed by atoms with Crippen LogP contribution >= 0.6 is 11.6 Å². The number of hydrogen-bond acceptors (Lipinski definition) is 3. The van der Waals surface area contributed by atoms with Crippen molar-refractivity contribution in [2.45, 2.75) is 25.7 Å². The Hall–Kier alpha value is -2.05. The quantitative estimate of drug-likeness (QED) is 0.825. The molecular weight excluding hydrogens is 360 g/mol. The fourth-order valence-electron chi connectivity index (χ4n) is 2.45. The molecule has 2 aromatic rings. The first kappa shape index (κ1) is 19.3. The lowest BCUT2D eigenvalue weighted by atomic mass is 10.2. The topological polar surface area (TPSA) is 66.5 Å². The Balaban J connectivity index is 2.40. The Morgan fingerprint density at radius 2 is 1.80 bits per heavy atom. The molecule has 0 aliphatic rings. The van der Waals surface area contributed by atoms with E-state index in [2.05, 4.69) is 4.72 Å². The predicted octanol–water partition coefficient (Wildman–Crippen LogP) is 3.93. The molecule has 0 bridgehead atoms. The first-order valence-electron chi connectivity index (χ1n) is 7.96. The van der Waals surface area contributed by atoms with Gasteiger partial charge in [-0.2, -0.15) is 0 Å². The van der Waals surface area contributed by atoms with Gasteiger partial charge in [-0.05, 0) is 56.7 Å². The van der Waals surface area contributed by atoms with Gasteiger partial charge >= 0.3 is 0 Å². The zero-order chi connectivity index (χ0) is 18.6. The number of carbonyl (C=O) groups excluding carboxylic acids is 1. The number of amides is 1. The number of anilines is 1. The Morgan fingerprint density at radius 1 is 1.12 bits per heavy atom. The zero-order valence-electron chi connectivity index (χ0n) is 14.4. The van der Waals surface area contributed by atoms with Crippen molar-refractivity contribution in [3.8, 4) is 0 Å². The van der Waals surface area contributed by atoms with Gasteiger partial charge in [-0.3, -0.25) is 9.52 Å². The maximum Gasteiger partial charge on any atom is 0.263 e. The molecule has 0 radical (unpaired) electrons. The van der Waals surface area contributed by atoms with Gasteiger partial charge in [-0.1, -0.05) is 23.7 Å². The molecule has 1 amide bonds. The standard InChI is InChI=1S/C18H21ClN2O3S/c1-4-21(5-2)18(22)14-9-10-16(19)17(12-14)25(23,24)20-15-8-6-7-13(3)11-15/h6-12,20H,4-5H2,1-3H3. The fourth-order valence-corrected chi connectivity index (χ4v) is 4.03. The summed E-state index contributed by atoms with van der Waals surface area (Å²) in [6, 6.07) is 11.3. The molecule has 0 heterocycles. The van der Waals surface area contributed by atoms with Gasteiger partial charge in [-0.15, -0.1) is 0 Å². The minimum absolute atomic E-state index is 0.0660. The van der Waals surface area contributed by atoms with Crippen molar-refractivity contribution >= 4 is 33.2 Å². The molecular formula is C18H21ClN2O3S. The molecule has 0 saturated carbocycles. The van der Waals surface area contributed by atoms with Crippen LogP contribution in [0.5, 0.6) is 0 Å². The second kappa shape index (κ2) is 7.89. The molecule has 0 atom stereocenters. The first-order chi connectivity index (χ1) is 11.8. The third-order valence-corrected chi connectivity index (χ3v) is 5.65. The highest BCUT2D eigenvalue weighted by atomic mass is 35.5. The normalized spacial score (nSPS) is 11.2. The average molecular weight is 381 g/mol. The smallest absolute Gasteiger partial charge is 0.263 e. The highest BCUT2D eigenvalue weighted by Crippen LogP contribution is 2.26. The van der Waals surface area contributed by atoms with Crippen molar-refractivity contribution in [1.29, 1.82) is 0 Å². The van der Waals surface area contributed by atoms with Crippen molar-refractivity contribution in [2.24, 2.45) is 0 Å². The van der Waals surface area contributed by atoms with Crippen LogP contribution in [-0.2, 0) is 10.0 Å². The number of nitrogens with one attached hydrogen (secondary N) is 1. The summed E-state index contributed by atoms with van der Waals surface area (Å²) in [5.74, 6) is -0.228. The number of hydrogen-bond donors (Lipinski definition) is 1. The summed E-state index contributed by atoms with van der Waals surface area (Å²) in [7, 11) is -3.91. The predicted molar refractivity (Wildman–Crippen MR) is 101 cm³/mol. The molecule has 0 spiro atoms. The van der Waals surface area contributed by atoms with E-state index < -0.39 is 10.0 Å². The van der Waals surface area contributed by atoms with Crippen LogP contribution < -0.4 is 4.72 Å². The molecule has 0 aliphatic heterocycles. The number of rotatable bonds is 6. The number of carbonyl (C=O) groups is 1. The highest BCUT2D eigenvalue weighted by Gasteiger charge is 2.22. The number of halogens is 1. The molecule has 2 aromatic carbocycles. The molecule has 2 rings (SSSR count). The summed E-state index contributed by atoms with van der Waals surface area (Å²) in [5, 5.41) is 0.0660. The van der Waals surface area contributed by atoms with Crippen LogP contribution in [0, 0.1) is 6.92 Å². The summed E-state index contributed by atoms with van der Waals surface area (Å²) in [5.41, 5.74) is 1.66. The van der Waals surface area contributed by atoms with Crippen molar-refractivity contribution in [3.05, 3.63) is 58.6 Å². The lowest BCUT2D eigenvalue weighted by molar-refractivity contribution is 0.0772. The molecule has 0 fully saturated rings. The zero-order valence-corrected chi connectivity index (χ0v) is 16.0. The van der Waals surface area contributed by atoms with Gasteiger partial charge in [0.1, 0.15) is 4.90 Å². The van der Waals surface area contributed by atoms with Crippen molar-refractivity contribution in [2.75, 3.05) is 17.8 Å². The van der Waals surface area contributed by atoms with Crippen LogP contribution in [-0.4, -0.2) is 32.3 Å². The first-order valence-corrected chi connectivity index (χ1v) is 9.83. The maximum absolute atomic E-state index is 12.7. The molecule has 25 heavy (non-hydrogen) atoms. The molecule has 7 heteroatoms. The van der Waals surface area contributed by atoms with E-state index in [-0.39, 0.29) is 21.4 Å². The van der Waals surface area contributed by atoms with Crippen LogP contribution in [0.4, 0.5) is 5.69 Å². The van der Waals surface area contributed by atoms with Crippen LogP contribution in [0.1, 0.15) is 29.8 Å². The Kier molecular flexibility index (Phi) is 6.08. The number of aryl methyl sites for hydroxylation is 1. The molecule has 0 unspecified atom stereocenters. The molecule has 134 valence electrons. The van der Waals surface area contributed by atoms with E-state index in [1.165, 1.54) is 18.2 Å². The average Bonchev–Trinajstić information content (AvgIpc) is 2.55. The van der Waals surface area contributed by atoms with Gasteiger partial charge in [-0.25, -0.2) is 8.42 Å². The van der Waals surface area contributed by atoms with Crippen LogP contribution in [0.15, 0.2) is 47.4 Å². The van der Waals surface area contributed by atoms with Gasteiger partial charge in [0, 0.05) is 24.3 Å². The van der Waals surface area contributed by atoms with Gasteiger partial charge < -0.3 is 4.90 Å². The van der Waals surface area contributed by atoms with Crippen molar-refractivity contribution < 1.29 is 13.2 Å². The van der Waals surface area contributed by atoms with Crippen LogP contribution in [0.3, 0.4) is 0 Å². The van der Waals surface area contributed by atoms with Crippen LogP contribution in [0.2, 0.25) is 5.02 Å². The van der Waals surface area contributed by atoms with E-state index in [1.807, 2.05) is 26.8 Å². The summed E-state index contributed by atoms with van der Waals surface area (Å²) in [6.45, 7) is 6.69. The summed E-state index contributed by atoms with van der Waals surface area (Å²) >= 11 is 6.09. The monoisotopic (exact) mass is 380 g/mol. The van der Waals surface area contributed by atoms with E-state index in [1.54, 1.807) is 23.1 Å². The Morgan fingerprint density at radius 3 is 2.40 bits per heavy atom. The second-order valence-electron chi connectivity index (χ2n) is 5.60. The lowest BCUT2D eigenvalue weighted by Gasteiger charge is -2.19. The van der Waals surface area contributed by atoms with Gasteiger partial charge in [0.05, 0.1) is 5.02 Å². The minimum Gasteiger partial charge on any atom is -0.339 e. The summed E-state index contributed by atoms with van der Waals surface area (Å²) in [6.07, 6.45) is 0. The number of sulfonamides is 1. The molecule has 1 N–H and O–H groups in total. The minimum atomic E-state index is -3.91. The van der Waals surface area contributed by atoms with Gasteiger partial charge in [0.25, 0.3) is 15.9 Å². The second-order valence-corrected chi connectivity index (χ2v) is 7.66. The highest BCUT2D eigenvalue weighted by molar-refractivity contribution is 7.92. The summed E-state index contributed by atoms with van der Waals surface area (Å²) < 4.78 is 27.9. The third kappa shape index (κ3) is 4.52. The van der Waals surface area contributed by atoms with Crippen molar-refractivity contribution in [3.63, 3.8) is 0 Å². The van der Waals surface area contributed by atoms with Crippen molar-refractivity contribution in [1.82, 2.24) is 4.90 Å². The third-order valence-electron chi connectivity index (χ3n) is 3.79. The van der Waals surface area contributed by atoms with E-state index in [0.29, 0.717) is 18.8 Å². The largest absolute Gasteiger partial charge is 0.339 e. The van der Waals surface area contributed by atoms with E-state index >= 15 is 0 Å². The Bertz CT molecular complexity index is 878. The summed E-state index contributed by atoms with van der Waals surface area (Å²) in [4.78, 5) is 14.0. The number of nitrogens with zero attached hydrogens (tertiary/aromatic N) is 1. The van der Waals surface area contributed by atoms with Gasteiger partial charge in [0.2, 0.25) is 0 Å². The molecule has 5 nitrogen and oxygen atoms in total. The van der Waals surface area contributed by atoms with Gasteiger partial charge in [0.15, 0.2) is 0 Å². The maximum atomic E-state index is 12.7. The Labute approximate surface area is 153 Å². The number of benzene rings is 2. The molecule has 0 saturated heterocycles. The lowest BCUT2D eigenvalue weighted by Crippen LogP contribution is -2.30.